The number of anilines is 1. The topological polar surface area (TPSA) is 201 Å². The van der Waals surface area contributed by atoms with Crippen LogP contribution in [0.1, 0.15) is 22.9 Å². The fourth-order valence-electron chi connectivity index (χ4n) is 3.80. The Hall–Kier alpha value is -4.44. The highest BCUT2D eigenvalue weighted by Gasteiger charge is 2.72. The largest absolute Gasteiger partial charge is 0.363 e. The number of hydrogen-bond donors (Lipinski definition) is 4. The van der Waals surface area contributed by atoms with Gasteiger partial charge in [0.15, 0.2) is 5.54 Å². The fraction of sp³-hybridized carbons (Fsp3) is 0.143. The quantitative estimate of drug-likeness (QED) is 0.280. The van der Waals surface area contributed by atoms with Crippen molar-refractivity contribution in [2.45, 2.75) is 11.1 Å². The minimum Gasteiger partial charge on any atom is -0.363 e. The third kappa shape index (κ3) is 1.89. The molecular formula is C14H11N13O3. The number of hydrogen-bond acceptors (Lipinski definition) is 13. The normalized spacial score (nSPS) is 23.9. The molecule has 0 spiro atoms. The number of nitrogens with zero attached hydrogens (tertiary/aromatic N) is 9. The van der Waals surface area contributed by atoms with Gasteiger partial charge in [0, 0.05) is 17.2 Å². The molecule has 6 rings (SSSR count). The first kappa shape index (κ1) is 16.5. The number of rotatable bonds is 5. The van der Waals surface area contributed by atoms with Gasteiger partial charge in [0.25, 0.3) is 0 Å². The molecule has 1 saturated heterocycles. The van der Waals surface area contributed by atoms with Crippen molar-refractivity contribution in [3.63, 3.8) is 0 Å². The summed E-state index contributed by atoms with van der Waals surface area (Å²) in [6, 6.07) is 3.64. The number of aromatic nitrogens is 11. The Labute approximate surface area is 164 Å². The predicted octanol–water partition coefficient (Wildman–Crippen LogP) is -0.839. The Morgan fingerprint density at radius 2 is 2.10 bits per heavy atom. The Morgan fingerprint density at radius 1 is 1.10 bits per heavy atom. The van der Waals surface area contributed by atoms with Crippen LogP contribution in [-0.4, -0.2) is 56.1 Å². The van der Waals surface area contributed by atoms with Crippen molar-refractivity contribution in [3.8, 4) is 0 Å². The Balaban J connectivity index is 1.77. The predicted molar refractivity (Wildman–Crippen MR) is 90.4 cm³/mol. The van der Waals surface area contributed by atoms with E-state index in [-0.39, 0.29) is 11.8 Å². The smallest absolute Gasteiger partial charge is 0.248 e. The molecule has 1 fully saturated rings. The molecule has 0 saturated carbocycles. The standard InChI is InChI=1S/C14H11N13O3/c1-2-8(15-3-1)13(10-5-28-26-21-10)14(9-4-18-25-20-9,11-17-7-29-23-11)27(30-24-13)12-16-6-19-22-12/h1-7,15,24H,(H,16,19,22)(H,18,20,25). The average Bonchev–Trinajstić information content (AvgIpc) is 3.62. The summed E-state index contributed by atoms with van der Waals surface area (Å²) >= 11 is 0. The van der Waals surface area contributed by atoms with E-state index in [1.54, 1.807) is 6.20 Å². The molecule has 2 atom stereocenters. The van der Waals surface area contributed by atoms with E-state index in [1.807, 2.05) is 12.1 Å². The van der Waals surface area contributed by atoms with Gasteiger partial charge in [-0.1, -0.05) is 5.16 Å². The maximum Gasteiger partial charge on any atom is 0.248 e. The van der Waals surface area contributed by atoms with Crippen LogP contribution < -0.4 is 10.5 Å². The molecule has 0 aromatic carbocycles. The van der Waals surface area contributed by atoms with Crippen molar-refractivity contribution in [2.75, 3.05) is 5.06 Å². The molecule has 1 aliphatic heterocycles. The summed E-state index contributed by atoms with van der Waals surface area (Å²) in [6.07, 6.45) is 7.13. The summed E-state index contributed by atoms with van der Waals surface area (Å²) in [5.41, 5.74) is 1.43. The average molecular weight is 409 g/mol. The van der Waals surface area contributed by atoms with E-state index >= 15 is 0 Å². The van der Waals surface area contributed by atoms with E-state index in [2.05, 4.69) is 61.6 Å². The summed E-state index contributed by atoms with van der Waals surface area (Å²) in [5, 5.41) is 30.9. The van der Waals surface area contributed by atoms with E-state index in [1.165, 1.54) is 30.2 Å². The minimum absolute atomic E-state index is 0.162. The lowest BCUT2D eigenvalue weighted by molar-refractivity contribution is 0.0454. The van der Waals surface area contributed by atoms with Crippen molar-refractivity contribution in [1.29, 1.82) is 0 Å². The monoisotopic (exact) mass is 409 g/mol. The van der Waals surface area contributed by atoms with Crippen molar-refractivity contribution in [1.82, 2.24) is 61.6 Å². The van der Waals surface area contributed by atoms with Crippen LogP contribution in [0.4, 0.5) is 5.95 Å². The zero-order valence-corrected chi connectivity index (χ0v) is 14.8. The molecule has 0 bridgehead atoms. The van der Waals surface area contributed by atoms with E-state index in [9.17, 15) is 0 Å². The molecule has 1 aliphatic rings. The van der Waals surface area contributed by atoms with Crippen LogP contribution in [0.15, 0.2) is 52.6 Å². The third-order valence-corrected chi connectivity index (χ3v) is 4.95. The Kier molecular flexibility index (Phi) is 3.32. The lowest BCUT2D eigenvalue weighted by Crippen LogP contribution is -2.59. The molecule has 16 nitrogen and oxygen atoms in total. The number of H-pyrrole nitrogens is 3. The van der Waals surface area contributed by atoms with Crippen LogP contribution in [0.25, 0.3) is 0 Å². The molecule has 5 aromatic rings. The van der Waals surface area contributed by atoms with Gasteiger partial charge in [0.2, 0.25) is 23.7 Å². The SMILES string of the molecule is c1c[nH]c(C2(c3conn3)NON(c3ncn[nH]3)C2(c2cn[nH]n2)c2ncon2)c1. The maximum atomic E-state index is 5.94. The van der Waals surface area contributed by atoms with Crippen LogP contribution in [0.5, 0.6) is 0 Å². The molecule has 0 amide bonds. The van der Waals surface area contributed by atoms with Gasteiger partial charge < -0.3 is 14.0 Å². The second-order valence-corrected chi connectivity index (χ2v) is 6.24. The van der Waals surface area contributed by atoms with Gasteiger partial charge in [0.05, 0.1) is 6.20 Å². The number of aromatic amines is 3. The summed E-state index contributed by atoms with van der Waals surface area (Å²) < 4.78 is 10.2. The van der Waals surface area contributed by atoms with Crippen molar-refractivity contribution in [3.05, 3.63) is 66.4 Å². The molecule has 2 unspecified atom stereocenters. The van der Waals surface area contributed by atoms with Crippen LogP contribution in [0.2, 0.25) is 0 Å². The zero-order valence-electron chi connectivity index (χ0n) is 14.8. The first-order valence-electron chi connectivity index (χ1n) is 8.51. The minimum atomic E-state index is -1.50. The van der Waals surface area contributed by atoms with Crippen LogP contribution >= 0.6 is 0 Å². The highest BCUT2D eigenvalue weighted by Crippen LogP contribution is 2.54. The van der Waals surface area contributed by atoms with E-state index < -0.39 is 11.1 Å². The van der Waals surface area contributed by atoms with Crippen molar-refractivity contribution >= 4 is 5.95 Å². The van der Waals surface area contributed by atoms with Crippen LogP contribution in [0.3, 0.4) is 0 Å². The van der Waals surface area contributed by atoms with E-state index in [0.29, 0.717) is 17.1 Å². The summed E-state index contributed by atoms with van der Waals surface area (Å²) in [7, 11) is 0. The molecule has 150 valence electrons. The maximum absolute atomic E-state index is 5.94. The van der Waals surface area contributed by atoms with E-state index in [4.69, 9.17) is 14.0 Å². The van der Waals surface area contributed by atoms with Gasteiger partial charge >= 0.3 is 0 Å². The van der Waals surface area contributed by atoms with Gasteiger partial charge in [-0.15, -0.1) is 5.10 Å². The first-order chi connectivity index (χ1) is 14.9. The molecular weight excluding hydrogens is 398 g/mol. The van der Waals surface area contributed by atoms with Crippen molar-refractivity contribution < 1.29 is 14.0 Å². The van der Waals surface area contributed by atoms with Gasteiger partial charge in [-0.05, 0) is 12.1 Å². The summed E-state index contributed by atoms with van der Waals surface area (Å²) in [4.78, 5) is 17.7. The molecule has 4 N–H and O–H groups in total. The lowest BCUT2D eigenvalue weighted by atomic mass is 9.70. The second kappa shape index (κ2) is 6.03. The van der Waals surface area contributed by atoms with Gasteiger partial charge in [-0.2, -0.15) is 46.0 Å². The summed E-state index contributed by atoms with van der Waals surface area (Å²) in [5.74, 6) is 0.385. The summed E-state index contributed by atoms with van der Waals surface area (Å²) in [6.45, 7) is 0. The number of nitrogens with one attached hydrogen (secondary N) is 4. The molecule has 0 aliphatic carbocycles. The van der Waals surface area contributed by atoms with E-state index in [0.717, 1.165) is 0 Å². The number of hydroxylamine groups is 2. The van der Waals surface area contributed by atoms with Crippen LogP contribution in [0, 0.1) is 0 Å². The van der Waals surface area contributed by atoms with Gasteiger partial charge in [-0.3, -0.25) is 0 Å². The first-order valence-corrected chi connectivity index (χ1v) is 8.51. The van der Waals surface area contributed by atoms with Crippen molar-refractivity contribution in [2.24, 2.45) is 0 Å². The van der Waals surface area contributed by atoms with Crippen LogP contribution in [-0.2, 0) is 16.0 Å². The molecule has 6 heterocycles. The zero-order chi connectivity index (χ0) is 20.0. The van der Waals surface area contributed by atoms with Gasteiger partial charge in [-0.25, -0.2) is 5.10 Å². The highest BCUT2D eigenvalue weighted by molar-refractivity contribution is 5.53. The Morgan fingerprint density at radius 3 is 2.77 bits per heavy atom. The molecule has 30 heavy (non-hydrogen) atoms. The Bertz CT molecular complexity index is 1130. The third-order valence-electron chi connectivity index (χ3n) is 4.95. The fourth-order valence-corrected chi connectivity index (χ4v) is 3.80. The molecule has 5 aromatic heterocycles. The van der Waals surface area contributed by atoms with Gasteiger partial charge in [0.1, 0.15) is 24.0 Å². The second-order valence-electron chi connectivity index (χ2n) is 6.24. The molecule has 0 radical (unpaired) electrons. The highest BCUT2D eigenvalue weighted by atomic mass is 16.8. The molecule has 16 heteroatoms. The lowest BCUT2D eigenvalue weighted by Gasteiger charge is -2.40.